The molecule has 3 nitrogen and oxygen atoms in total. The number of hydrogen-bond donors (Lipinski definition) is 1. The zero-order valence-corrected chi connectivity index (χ0v) is 7.99. The molecule has 1 unspecified atom stereocenters. The molecule has 70 valence electrons. The maximum Gasteiger partial charge on any atom is 0.356 e. The molecule has 1 N–H and O–H groups in total. The smallest absolute Gasteiger partial charge is 0.356 e. The summed E-state index contributed by atoms with van der Waals surface area (Å²) < 4.78 is 17.3. The average molecular weight is 249 g/mol. The maximum atomic E-state index is 12.4. The van der Waals surface area contributed by atoms with E-state index in [9.17, 15) is 9.18 Å². The molecule has 0 aliphatic rings. The van der Waals surface area contributed by atoms with Crippen LogP contribution in [-0.2, 0) is 4.79 Å². The fraction of sp³-hybridized carbons (Fsp3) is 0.125. The minimum Gasteiger partial charge on any atom is -0.478 e. The third-order valence-corrected chi connectivity index (χ3v) is 1.83. The summed E-state index contributed by atoms with van der Waals surface area (Å²) in [5, 5.41) is 7.34. The van der Waals surface area contributed by atoms with Gasteiger partial charge in [-0.25, -0.2) is 9.18 Å². The molecule has 1 aromatic carbocycles. The Labute approximate surface area is 82.3 Å². The predicted molar refractivity (Wildman–Crippen MR) is 47.4 cm³/mol. The lowest BCUT2D eigenvalue weighted by molar-refractivity contribution is -0.140. The van der Waals surface area contributed by atoms with Crippen molar-refractivity contribution < 1.29 is 19.0 Å². The van der Waals surface area contributed by atoms with Crippen LogP contribution in [0.25, 0.3) is 0 Å². The number of rotatable bonds is 3. The van der Waals surface area contributed by atoms with Crippen molar-refractivity contribution in [3.05, 3.63) is 30.1 Å². The van der Waals surface area contributed by atoms with Crippen molar-refractivity contribution in [2.24, 2.45) is 0 Å². The van der Waals surface area contributed by atoms with Gasteiger partial charge in [0.1, 0.15) is 11.6 Å². The van der Waals surface area contributed by atoms with E-state index in [0.717, 1.165) is 0 Å². The van der Waals surface area contributed by atoms with E-state index in [2.05, 4.69) is 15.9 Å². The normalized spacial score (nSPS) is 12.2. The number of hydrogen-bond acceptors (Lipinski definition) is 2. The first-order chi connectivity index (χ1) is 6.09. The Balaban J connectivity index is 2.64. The second-order valence-corrected chi connectivity index (χ2v) is 3.06. The van der Waals surface area contributed by atoms with E-state index in [0.29, 0.717) is 5.75 Å². The Morgan fingerprint density at radius 3 is 2.46 bits per heavy atom. The first-order valence-electron chi connectivity index (χ1n) is 3.38. The van der Waals surface area contributed by atoms with Crippen LogP contribution in [0, 0.1) is 5.82 Å². The summed E-state index contributed by atoms with van der Waals surface area (Å²) in [6.45, 7) is 0. The summed E-state index contributed by atoms with van der Waals surface area (Å²) in [5.41, 5.74) is 0. The molecule has 1 aromatic rings. The number of aliphatic carboxylic acids is 1. The molecular weight excluding hydrogens is 243 g/mol. The standard InChI is InChI=1S/C8H6BrFO3/c9-7(8(11)12)13-6-3-1-5(10)2-4-6/h1-4,7H,(H,11,12). The molecule has 0 saturated heterocycles. The zero-order chi connectivity index (χ0) is 9.84. The van der Waals surface area contributed by atoms with Crippen LogP contribution in [0.15, 0.2) is 24.3 Å². The molecule has 5 heteroatoms. The van der Waals surface area contributed by atoms with Crippen LogP contribution in [0.1, 0.15) is 0 Å². The second kappa shape index (κ2) is 4.23. The fourth-order valence-electron chi connectivity index (χ4n) is 0.683. The van der Waals surface area contributed by atoms with Crippen molar-refractivity contribution in [2.75, 3.05) is 0 Å². The van der Waals surface area contributed by atoms with E-state index in [1.807, 2.05) is 0 Å². The van der Waals surface area contributed by atoms with Gasteiger partial charge in [-0.15, -0.1) is 0 Å². The number of carbonyl (C=O) groups is 1. The third kappa shape index (κ3) is 3.02. The Morgan fingerprint density at radius 2 is 2.00 bits per heavy atom. The van der Waals surface area contributed by atoms with Gasteiger partial charge in [-0.3, -0.25) is 0 Å². The van der Waals surface area contributed by atoms with Gasteiger partial charge in [0.25, 0.3) is 0 Å². The molecule has 1 rings (SSSR count). The highest BCUT2D eigenvalue weighted by molar-refractivity contribution is 9.09. The molecule has 0 aliphatic carbocycles. The van der Waals surface area contributed by atoms with Gasteiger partial charge in [0.15, 0.2) is 0 Å². The van der Waals surface area contributed by atoms with E-state index >= 15 is 0 Å². The molecule has 0 radical (unpaired) electrons. The molecule has 0 spiro atoms. The third-order valence-electron chi connectivity index (χ3n) is 1.25. The second-order valence-electron chi connectivity index (χ2n) is 2.23. The highest BCUT2D eigenvalue weighted by Gasteiger charge is 2.13. The topological polar surface area (TPSA) is 46.5 Å². The summed E-state index contributed by atoms with van der Waals surface area (Å²) in [7, 11) is 0. The molecule has 1 atom stereocenters. The summed E-state index contributed by atoms with van der Waals surface area (Å²) in [6.07, 6.45) is 0. The van der Waals surface area contributed by atoms with Crippen molar-refractivity contribution in [2.45, 2.75) is 5.01 Å². The minimum atomic E-state index is -1.13. The van der Waals surface area contributed by atoms with Crippen molar-refractivity contribution in [1.82, 2.24) is 0 Å². The van der Waals surface area contributed by atoms with E-state index in [1.54, 1.807) is 0 Å². The van der Waals surface area contributed by atoms with Crippen molar-refractivity contribution in [3.8, 4) is 5.75 Å². The molecule has 0 heterocycles. The van der Waals surface area contributed by atoms with Gasteiger partial charge in [0, 0.05) is 0 Å². The van der Waals surface area contributed by atoms with Crippen LogP contribution in [0.3, 0.4) is 0 Å². The van der Waals surface area contributed by atoms with E-state index < -0.39 is 16.8 Å². The highest BCUT2D eigenvalue weighted by Crippen LogP contribution is 2.15. The Hall–Kier alpha value is -1.10. The summed E-state index contributed by atoms with van der Waals surface area (Å²) in [5.74, 6) is -1.23. The number of benzene rings is 1. The van der Waals surface area contributed by atoms with E-state index in [1.165, 1.54) is 24.3 Å². The predicted octanol–water partition coefficient (Wildman–Crippen LogP) is 2.01. The molecule has 0 bridgehead atoms. The van der Waals surface area contributed by atoms with Gasteiger partial charge in [0.05, 0.1) is 0 Å². The van der Waals surface area contributed by atoms with Gasteiger partial charge >= 0.3 is 5.97 Å². The first-order valence-corrected chi connectivity index (χ1v) is 4.30. The van der Waals surface area contributed by atoms with Crippen LogP contribution < -0.4 is 4.74 Å². The van der Waals surface area contributed by atoms with Gasteiger partial charge in [-0.2, -0.15) is 0 Å². The summed E-state index contributed by atoms with van der Waals surface area (Å²) in [4.78, 5) is 10.3. The number of carboxylic acid groups (broad SMARTS) is 1. The summed E-state index contributed by atoms with van der Waals surface area (Å²) >= 11 is 2.78. The van der Waals surface area contributed by atoms with Crippen molar-refractivity contribution in [1.29, 1.82) is 0 Å². The molecule has 0 fully saturated rings. The van der Waals surface area contributed by atoms with Gasteiger partial charge < -0.3 is 9.84 Å². The van der Waals surface area contributed by atoms with Gasteiger partial charge in [-0.1, -0.05) is 0 Å². The first kappa shape index (κ1) is 9.98. The van der Waals surface area contributed by atoms with Crippen LogP contribution in [0.4, 0.5) is 4.39 Å². The average Bonchev–Trinajstić information content (AvgIpc) is 2.08. The number of carboxylic acids is 1. The maximum absolute atomic E-state index is 12.4. The Bertz CT molecular complexity index is 299. The number of alkyl halides is 1. The minimum absolute atomic E-state index is 0.297. The SMILES string of the molecule is O=C(O)C(Br)Oc1ccc(F)cc1. The number of ether oxygens (including phenoxy) is 1. The monoisotopic (exact) mass is 248 g/mol. The molecule has 0 aromatic heterocycles. The highest BCUT2D eigenvalue weighted by atomic mass is 79.9. The van der Waals surface area contributed by atoms with E-state index in [-0.39, 0.29) is 0 Å². The Morgan fingerprint density at radius 1 is 1.46 bits per heavy atom. The van der Waals surface area contributed by atoms with Crippen molar-refractivity contribution in [3.63, 3.8) is 0 Å². The van der Waals surface area contributed by atoms with Crippen molar-refractivity contribution >= 4 is 21.9 Å². The van der Waals surface area contributed by atoms with E-state index in [4.69, 9.17) is 9.84 Å². The molecular formula is C8H6BrFO3. The lowest BCUT2D eigenvalue weighted by Gasteiger charge is -2.07. The van der Waals surface area contributed by atoms with Crippen LogP contribution in [0.2, 0.25) is 0 Å². The largest absolute Gasteiger partial charge is 0.478 e. The summed E-state index contributed by atoms with van der Waals surface area (Å²) in [6, 6.07) is 5.09. The van der Waals surface area contributed by atoms with Crippen LogP contribution >= 0.6 is 15.9 Å². The number of halogens is 2. The fourth-order valence-corrected chi connectivity index (χ4v) is 0.899. The molecule has 0 aliphatic heterocycles. The zero-order valence-electron chi connectivity index (χ0n) is 6.41. The molecule has 0 saturated carbocycles. The molecule has 13 heavy (non-hydrogen) atoms. The quantitative estimate of drug-likeness (QED) is 0.833. The Kier molecular flexibility index (Phi) is 3.25. The molecule has 0 amide bonds. The van der Waals surface area contributed by atoms with Crippen LogP contribution in [0.5, 0.6) is 5.75 Å². The lowest BCUT2D eigenvalue weighted by Crippen LogP contribution is -2.19. The van der Waals surface area contributed by atoms with Gasteiger partial charge in [0.2, 0.25) is 5.01 Å². The van der Waals surface area contributed by atoms with Gasteiger partial charge in [-0.05, 0) is 40.2 Å². The lowest BCUT2D eigenvalue weighted by atomic mass is 10.3. The van der Waals surface area contributed by atoms with Crippen LogP contribution in [-0.4, -0.2) is 16.1 Å².